The maximum Gasteiger partial charge on any atom is 0.269 e. The lowest BCUT2D eigenvalue weighted by Gasteiger charge is -2.15. The lowest BCUT2D eigenvalue weighted by molar-refractivity contribution is -0.384. The highest BCUT2D eigenvalue weighted by molar-refractivity contribution is 6.03. The van der Waals surface area contributed by atoms with Gasteiger partial charge in [-0.2, -0.15) is 0 Å². The first-order chi connectivity index (χ1) is 15.0. The van der Waals surface area contributed by atoms with Crippen molar-refractivity contribution in [1.82, 2.24) is 14.5 Å². The zero-order valence-corrected chi connectivity index (χ0v) is 16.5. The summed E-state index contributed by atoms with van der Waals surface area (Å²) in [5.74, 6) is 0.461. The molecule has 0 aliphatic rings. The molecule has 0 atom stereocenters. The summed E-state index contributed by atoms with van der Waals surface area (Å²) in [5.41, 5.74) is 3.40. The van der Waals surface area contributed by atoms with E-state index in [1.54, 1.807) is 30.5 Å². The third-order valence-corrected chi connectivity index (χ3v) is 5.25. The van der Waals surface area contributed by atoms with Gasteiger partial charge in [0.05, 0.1) is 27.0 Å². The molecule has 2 aromatic heterocycles. The summed E-state index contributed by atoms with van der Waals surface area (Å²) < 4.78 is 1.50. The minimum absolute atomic E-state index is 0.0421. The van der Waals surface area contributed by atoms with Crippen molar-refractivity contribution in [3.63, 3.8) is 0 Å². The lowest BCUT2D eigenvalue weighted by Crippen LogP contribution is -2.22. The average molecular weight is 408 g/mol. The summed E-state index contributed by atoms with van der Waals surface area (Å²) in [7, 11) is 0. The molecule has 0 spiro atoms. The van der Waals surface area contributed by atoms with Crippen molar-refractivity contribution < 1.29 is 4.92 Å². The van der Waals surface area contributed by atoms with Crippen molar-refractivity contribution in [3.05, 3.63) is 105 Å². The van der Waals surface area contributed by atoms with Crippen LogP contribution in [-0.2, 0) is 0 Å². The minimum atomic E-state index is -0.467. The van der Waals surface area contributed by atoms with Gasteiger partial charge >= 0.3 is 0 Å². The second-order valence-corrected chi connectivity index (χ2v) is 7.25. The third kappa shape index (κ3) is 3.12. The van der Waals surface area contributed by atoms with Crippen LogP contribution in [0, 0.1) is 17.0 Å². The fourth-order valence-corrected chi connectivity index (χ4v) is 3.66. The molecule has 0 unspecified atom stereocenters. The van der Waals surface area contributed by atoms with Crippen LogP contribution in [0.15, 0.2) is 83.8 Å². The van der Waals surface area contributed by atoms with Gasteiger partial charge in [0.1, 0.15) is 5.82 Å². The van der Waals surface area contributed by atoms with E-state index in [2.05, 4.69) is 4.98 Å². The standard InChI is InChI=1S/C24H16N4O3/c1-15-4-6-16(7-5-15)23-26-22-19-3-2-14-25-21(19)13-12-20(22)24(29)27(23)17-8-10-18(11-9-17)28(30)31/h2-14H,1H3. The number of nitro benzene ring substituents is 1. The number of aromatic nitrogens is 3. The van der Waals surface area contributed by atoms with Crippen molar-refractivity contribution >= 4 is 27.5 Å². The Morgan fingerprint density at radius 2 is 1.65 bits per heavy atom. The molecule has 0 radical (unpaired) electrons. The first-order valence-electron chi connectivity index (χ1n) is 9.65. The van der Waals surface area contributed by atoms with E-state index in [4.69, 9.17) is 4.98 Å². The number of nitrogens with zero attached hydrogens (tertiary/aromatic N) is 4. The summed E-state index contributed by atoms with van der Waals surface area (Å²) in [6.07, 6.45) is 1.70. The number of hydrogen-bond donors (Lipinski definition) is 0. The predicted octanol–water partition coefficient (Wildman–Crippen LogP) is 4.82. The highest BCUT2D eigenvalue weighted by Gasteiger charge is 2.17. The van der Waals surface area contributed by atoms with Gasteiger partial charge in [-0.15, -0.1) is 0 Å². The molecule has 7 nitrogen and oxygen atoms in total. The normalized spacial score (nSPS) is 11.1. The number of rotatable bonds is 3. The molecule has 0 N–H and O–H groups in total. The topological polar surface area (TPSA) is 90.9 Å². The first kappa shape index (κ1) is 18.6. The number of aryl methyl sites for hydroxylation is 1. The van der Waals surface area contributed by atoms with Crippen LogP contribution < -0.4 is 5.56 Å². The van der Waals surface area contributed by atoms with Crippen LogP contribution >= 0.6 is 0 Å². The van der Waals surface area contributed by atoms with Crippen molar-refractivity contribution in [2.24, 2.45) is 0 Å². The highest BCUT2D eigenvalue weighted by atomic mass is 16.6. The zero-order valence-electron chi connectivity index (χ0n) is 16.5. The zero-order chi connectivity index (χ0) is 21.5. The van der Waals surface area contributed by atoms with Crippen molar-refractivity contribution in [2.45, 2.75) is 6.92 Å². The first-order valence-corrected chi connectivity index (χ1v) is 9.65. The van der Waals surface area contributed by atoms with Crippen LogP contribution in [-0.4, -0.2) is 19.5 Å². The van der Waals surface area contributed by atoms with Gasteiger partial charge in [0.2, 0.25) is 0 Å². The van der Waals surface area contributed by atoms with Gasteiger partial charge in [0.15, 0.2) is 0 Å². The molecule has 7 heteroatoms. The molecule has 0 bridgehead atoms. The van der Waals surface area contributed by atoms with Crippen LogP contribution in [0.4, 0.5) is 5.69 Å². The molecule has 0 fully saturated rings. The van der Waals surface area contributed by atoms with E-state index in [0.29, 0.717) is 22.4 Å². The Kier molecular flexibility index (Phi) is 4.29. The Morgan fingerprint density at radius 1 is 0.903 bits per heavy atom. The van der Waals surface area contributed by atoms with E-state index in [-0.39, 0.29) is 11.2 Å². The summed E-state index contributed by atoms with van der Waals surface area (Å²) in [6, 6.07) is 20.9. The minimum Gasteiger partial charge on any atom is -0.268 e. The van der Waals surface area contributed by atoms with Crippen LogP contribution in [0.25, 0.3) is 38.9 Å². The number of benzene rings is 3. The van der Waals surface area contributed by atoms with Gasteiger partial charge in [-0.3, -0.25) is 24.5 Å². The predicted molar refractivity (Wildman–Crippen MR) is 119 cm³/mol. The fraction of sp³-hybridized carbons (Fsp3) is 0.0417. The summed E-state index contributed by atoms with van der Waals surface area (Å²) in [6.45, 7) is 1.99. The number of nitro groups is 1. The molecule has 0 saturated carbocycles. The van der Waals surface area contributed by atoms with E-state index in [1.807, 2.05) is 43.3 Å². The summed E-state index contributed by atoms with van der Waals surface area (Å²) in [4.78, 5) is 33.5. The third-order valence-electron chi connectivity index (χ3n) is 5.25. The number of hydrogen-bond acceptors (Lipinski definition) is 5. The number of pyridine rings is 1. The molecule has 5 rings (SSSR count). The summed E-state index contributed by atoms with van der Waals surface area (Å²) in [5, 5.41) is 12.3. The van der Waals surface area contributed by atoms with E-state index in [0.717, 1.165) is 22.0 Å². The molecule has 31 heavy (non-hydrogen) atoms. The molecular weight excluding hydrogens is 392 g/mol. The van der Waals surface area contributed by atoms with Crippen molar-refractivity contribution in [3.8, 4) is 17.1 Å². The van der Waals surface area contributed by atoms with Crippen LogP contribution in [0.1, 0.15) is 5.56 Å². The van der Waals surface area contributed by atoms with Crippen molar-refractivity contribution in [2.75, 3.05) is 0 Å². The van der Waals surface area contributed by atoms with Crippen LogP contribution in [0.5, 0.6) is 0 Å². The van der Waals surface area contributed by atoms with Crippen LogP contribution in [0.2, 0.25) is 0 Å². The quantitative estimate of drug-likeness (QED) is 0.243. The molecule has 3 aromatic carbocycles. The Balaban J connectivity index is 1.88. The van der Waals surface area contributed by atoms with E-state index >= 15 is 0 Å². The van der Waals surface area contributed by atoms with E-state index in [1.165, 1.54) is 16.7 Å². The second kappa shape index (κ2) is 7.14. The molecule has 0 aliphatic carbocycles. The smallest absolute Gasteiger partial charge is 0.268 e. The van der Waals surface area contributed by atoms with Gasteiger partial charge in [-0.25, -0.2) is 4.98 Å². The van der Waals surface area contributed by atoms with Crippen LogP contribution in [0.3, 0.4) is 0 Å². The summed E-state index contributed by atoms with van der Waals surface area (Å²) >= 11 is 0. The monoisotopic (exact) mass is 408 g/mol. The fourth-order valence-electron chi connectivity index (χ4n) is 3.66. The van der Waals surface area contributed by atoms with Gasteiger partial charge < -0.3 is 0 Å². The Morgan fingerprint density at radius 3 is 2.35 bits per heavy atom. The molecule has 0 amide bonds. The maximum atomic E-state index is 13.6. The number of non-ortho nitro benzene ring substituents is 1. The average Bonchev–Trinajstić information content (AvgIpc) is 2.79. The Labute approximate surface area is 176 Å². The molecule has 5 aromatic rings. The van der Waals surface area contributed by atoms with Gasteiger partial charge in [-0.05, 0) is 43.3 Å². The molecular formula is C24H16N4O3. The molecule has 0 saturated heterocycles. The van der Waals surface area contributed by atoms with Gasteiger partial charge in [0.25, 0.3) is 11.2 Å². The van der Waals surface area contributed by atoms with Gasteiger partial charge in [-0.1, -0.05) is 29.8 Å². The second-order valence-electron chi connectivity index (χ2n) is 7.25. The van der Waals surface area contributed by atoms with E-state index < -0.39 is 4.92 Å². The SMILES string of the molecule is Cc1ccc(-c2nc3c(ccc4ncccc43)c(=O)n2-c2ccc([N+](=O)[O-])cc2)cc1. The Hall–Kier alpha value is -4.39. The molecule has 2 heterocycles. The molecule has 150 valence electrons. The molecule has 0 aliphatic heterocycles. The lowest BCUT2D eigenvalue weighted by atomic mass is 10.1. The highest BCUT2D eigenvalue weighted by Crippen LogP contribution is 2.27. The Bertz CT molecular complexity index is 1520. The van der Waals surface area contributed by atoms with Gasteiger partial charge in [0, 0.05) is 29.3 Å². The van der Waals surface area contributed by atoms with E-state index in [9.17, 15) is 14.9 Å². The van der Waals surface area contributed by atoms with Crippen molar-refractivity contribution in [1.29, 1.82) is 0 Å². The maximum absolute atomic E-state index is 13.6. The number of fused-ring (bicyclic) bond motifs is 3. The largest absolute Gasteiger partial charge is 0.269 e.